The van der Waals surface area contributed by atoms with Crippen molar-refractivity contribution in [2.24, 2.45) is 0 Å². The van der Waals surface area contributed by atoms with Crippen LogP contribution in [-0.4, -0.2) is 141 Å². The van der Waals surface area contributed by atoms with Crippen molar-refractivity contribution in [1.29, 1.82) is 0 Å². The molecule has 1 aromatic rings. The normalized spacial score (nSPS) is 20.9. The highest BCUT2D eigenvalue weighted by Crippen LogP contribution is 2.14. The van der Waals surface area contributed by atoms with Crippen molar-refractivity contribution in [1.82, 2.24) is 14.7 Å². The quantitative estimate of drug-likeness (QED) is 0.186. The van der Waals surface area contributed by atoms with Crippen LogP contribution in [0.5, 0.6) is 0 Å². The summed E-state index contributed by atoms with van der Waals surface area (Å²) in [4.78, 5) is 16.8. The first-order valence-corrected chi connectivity index (χ1v) is 11.1. The van der Waals surface area contributed by atoms with E-state index in [-0.39, 0.29) is 18.8 Å². The van der Waals surface area contributed by atoms with Crippen LogP contribution in [0.2, 0.25) is 0 Å². The van der Waals surface area contributed by atoms with Gasteiger partial charge in [0, 0.05) is 45.8 Å². The minimum absolute atomic E-state index is 0.0909. The molecule has 0 amide bonds. The van der Waals surface area contributed by atoms with E-state index in [9.17, 15) is 40.5 Å². The van der Waals surface area contributed by atoms with Gasteiger partial charge < -0.3 is 40.5 Å². The standard InChI is InChI=1S/C22H37N3O8/c26-12-18(20(30)14-28)24-7-5-23(11-16-1-3-17(4-2-16)22(32)33)6-8-25(10-9-24)19(13-27)21(31)15-29/h1-4,18-21,26-31H,5-15H2,(H,32,33)/p-1/t18-,19-,20-,21-/m1/s1. The first-order valence-electron chi connectivity index (χ1n) is 11.1. The van der Waals surface area contributed by atoms with Gasteiger partial charge in [0.2, 0.25) is 0 Å². The number of carboxylic acids is 1. The Morgan fingerprint density at radius 3 is 1.55 bits per heavy atom. The van der Waals surface area contributed by atoms with E-state index in [1.165, 1.54) is 12.1 Å². The molecule has 0 radical (unpaired) electrons. The summed E-state index contributed by atoms with van der Waals surface area (Å²) < 4.78 is 0. The van der Waals surface area contributed by atoms with Gasteiger partial charge in [-0.25, -0.2) is 0 Å². The fourth-order valence-corrected chi connectivity index (χ4v) is 4.16. The monoisotopic (exact) mass is 470 g/mol. The zero-order valence-corrected chi connectivity index (χ0v) is 18.7. The second kappa shape index (κ2) is 13.9. The topological polar surface area (TPSA) is 171 Å². The highest BCUT2D eigenvalue weighted by molar-refractivity contribution is 5.85. The van der Waals surface area contributed by atoms with Gasteiger partial charge in [-0.15, -0.1) is 0 Å². The molecular formula is C22H36N3O8-. The van der Waals surface area contributed by atoms with E-state index in [1.54, 1.807) is 12.1 Å². The molecule has 33 heavy (non-hydrogen) atoms. The summed E-state index contributed by atoms with van der Waals surface area (Å²) >= 11 is 0. The Balaban J connectivity index is 2.22. The molecule has 0 bridgehead atoms. The van der Waals surface area contributed by atoms with Crippen LogP contribution in [0.1, 0.15) is 15.9 Å². The van der Waals surface area contributed by atoms with Crippen LogP contribution in [0.4, 0.5) is 0 Å². The molecule has 11 nitrogen and oxygen atoms in total. The molecule has 0 unspecified atom stereocenters. The SMILES string of the molecule is O=C([O-])c1ccc(CN2CCN([C@H](CO)[C@H](O)CO)CCN([C@H](CO)[C@H](O)CO)CC2)cc1. The van der Waals surface area contributed by atoms with Gasteiger partial charge in [-0.2, -0.15) is 0 Å². The van der Waals surface area contributed by atoms with Gasteiger partial charge in [0.1, 0.15) is 0 Å². The van der Waals surface area contributed by atoms with Crippen molar-refractivity contribution < 1.29 is 40.5 Å². The summed E-state index contributed by atoms with van der Waals surface area (Å²) in [7, 11) is 0. The largest absolute Gasteiger partial charge is 0.545 e. The van der Waals surface area contributed by atoms with E-state index < -0.39 is 43.5 Å². The molecule has 188 valence electrons. The number of carbonyl (C=O) groups excluding carboxylic acids is 1. The second-order valence-electron chi connectivity index (χ2n) is 8.33. The fraction of sp³-hybridized carbons (Fsp3) is 0.682. The summed E-state index contributed by atoms with van der Waals surface area (Å²) in [6.45, 7) is 1.73. The molecule has 6 N–H and O–H groups in total. The molecule has 1 fully saturated rings. The van der Waals surface area contributed by atoms with E-state index in [2.05, 4.69) is 4.90 Å². The lowest BCUT2D eigenvalue weighted by Crippen LogP contribution is -2.53. The number of aliphatic hydroxyl groups is 6. The second-order valence-corrected chi connectivity index (χ2v) is 8.33. The molecule has 1 aliphatic rings. The molecule has 1 aliphatic heterocycles. The van der Waals surface area contributed by atoms with Crippen molar-refractivity contribution in [2.45, 2.75) is 30.8 Å². The number of carboxylic acid groups (broad SMARTS) is 1. The van der Waals surface area contributed by atoms with Crippen LogP contribution < -0.4 is 5.11 Å². The molecule has 4 atom stereocenters. The zero-order chi connectivity index (χ0) is 24.4. The predicted molar refractivity (Wildman–Crippen MR) is 117 cm³/mol. The summed E-state index contributed by atoms with van der Waals surface area (Å²) in [5, 5.41) is 69.8. The predicted octanol–water partition coefficient (Wildman–Crippen LogP) is -4.10. The van der Waals surface area contributed by atoms with Crippen LogP contribution in [0, 0.1) is 0 Å². The fourth-order valence-electron chi connectivity index (χ4n) is 4.16. The molecular weight excluding hydrogens is 434 g/mol. The van der Waals surface area contributed by atoms with Gasteiger partial charge in [-0.05, 0) is 11.1 Å². The molecule has 0 aromatic heterocycles. The molecule has 2 rings (SSSR count). The third kappa shape index (κ3) is 7.95. The number of aliphatic hydroxyl groups excluding tert-OH is 6. The van der Waals surface area contributed by atoms with Crippen LogP contribution in [0.15, 0.2) is 24.3 Å². The van der Waals surface area contributed by atoms with E-state index in [0.717, 1.165) is 5.56 Å². The lowest BCUT2D eigenvalue weighted by Gasteiger charge is -2.36. The minimum Gasteiger partial charge on any atom is -0.545 e. The maximum Gasteiger partial charge on any atom is 0.0947 e. The van der Waals surface area contributed by atoms with Crippen LogP contribution in [0.3, 0.4) is 0 Å². The van der Waals surface area contributed by atoms with Crippen LogP contribution in [0.25, 0.3) is 0 Å². The minimum atomic E-state index is -1.24. The Morgan fingerprint density at radius 1 is 0.758 bits per heavy atom. The first kappa shape index (κ1) is 27.6. The van der Waals surface area contributed by atoms with E-state index >= 15 is 0 Å². The molecule has 1 aromatic carbocycles. The summed E-state index contributed by atoms with van der Waals surface area (Å²) in [5.41, 5.74) is 0.980. The number of nitrogens with zero attached hydrogens (tertiary/aromatic N) is 3. The number of hydrogen-bond donors (Lipinski definition) is 6. The summed E-state index contributed by atoms with van der Waals surface area (Å²) in [6, 6.07) is 5.02. The first-order chi connectivity index (χ1) is 15.8. The lowest BCUT2D eigenvalue weighted by atomic mass is 10.1. The van der Waals surface area contributed by atoms with Crippen LogP contribution in [-0.2, 0) is 6.54 Å². The average molecular weight is 471 g/mol. The Hall–Kier alpha value is -1.67. The lowest BCUT2D eigenvalue weighted by molar-refractivity contribution is -0.255. The summed E-state index contributed by atoms with van der Waals surface area (Å²) in [6.07, 6.45) is -2.27. The highest BCUT2D eigenvalue weighted by Gasteiger charge is 2.30. The Bertz CT molecular complexity index is 677. The van der Waals surface area contributed by atoms with Gasteiger partial charge in [0.15, 0.2) is 0 Å². The van der Waals surface area contributed by atoms with Crippen molar-refractivity contribution in [3.05, 3.63) is 35.4 Å². The molecule has 1 saturated heterocycles. The zero-order valence-electron chi connectivity index (χ0n) is 18.7. The van der Waals surface area contributed by atoms with E-state index in [1.807, 2.05) is 9.80 Å². The molecule has 1 heterocycles. The number of rotatable bonds is 11. The third-order valence-electron chi connectivity index (χ3n) is 6.25. The van der Waals surface area contributed by atoms with Gasteiger partial charge in [-0.3, -0.25) is 14.7 Å². The van der Waals surface area contributed by atoms with Gasteiger partial charge in [0.05, 0.1) is 56.7 Å². The van der Waals surface area contributed by atoms with Crippen molar-refractivity contribution in [2.75, 3.05) is 65.7 Å². The van der Waals surface area contributed by atoms with Crippen molar-refractivity contribution in [3.63, 3.8) is 0 Å². The maximum absolute atomic E-state index is 11.0. The molecule has 11 heteroatoms. The van der Waals surface area contributed by atoms with E-state index in [4.69, 9.17) is 0 Å². The number of aromatic carboxylic acids is 1. The molecule has 0 saturated carbocycles. The third-order valence-corrected chi connectivity index (χ3v) is 6.25. The van der Waals surface area contributed by atoms with Gasteiger partial charge >= 0.3 is 0 Å². The Kier molecular flexibility index (Phi) is 11.6. The number of benzene rings is 1. The number of hydrogen-bond acceptors (Lipinski definition) is 11. The molecule has 0 spiro atoms. The van der Waals surface area contributed by atoms with Crippen molar-refractivity contribution in [3.8, 4) is 0 Å². The smallest absolute Gasteiger partial charge is 0.0947 e. The van der Waals surface area contributed by atoms with Gasteiger partial charge in [-0.1, -0.05) is 24.3 Å². The Morgan fingerprint density at radius 2 is 1.18 bits per heavy atom. The Labute approximate surface area is 193 Å². The average Bonchev–Trinajstić information content (AvgIpc) is 2.92. The molecule has 0 aliphatic carbocycles. The number of carbonyl (C=O) groups is 1. The van der Waals surface area contributed by atoms with Gasteiger partial charge in [0.25, 0.3) is 0 Å². The highest BCUT2D eigenvalue weighted by atomic mass is 16.4. The summed E-state index contributed by atoms with van der Waals surface area (Å²) in [5.74, 6) is -1.24. The van der Waals surface area contributed by atoms with Crippen LogP contribution >= 0.6 is 0 Å². The maximum atomic E-state index is 11.0. The van der Waals surface area contributed by atoms with E-state index in [0.29, 0.717) is 45.8 Å². The van der Waals surface area contributed by atoms with Crippen molar-refractivity contribution >= 4 is 5.97 Å².